The van der Waals surface area contributed by atoms with Crippen molar-refractivity contribution in [2.24, 2.45) is 0 Å². The first kappa shape index (κ1) is 18.7. The van der Waals surface area contributed by atoms with Crippen molar-refractivity contribution in [1.82, 2.24) is 9.78 Å². The van der Waals surface area contributed by atoms with Crippen molar-refractivity contribution in [2.45, 2.75) is 32.6 Å². The lowest BCUT2D eigenvalue weighted by molar-refractivity contribution is 0.744. The molecule has 0 saturated carbocycles. The molecule has 2 heterocycles. The molecule has 30 heavy (non-hydrogen) atoms. The second kappa shape index (κ2) is 7.83. The van der Waals surface area contributed by atoms with Crippen LogP contribution in [0.1, 0.15) is 39.4 Å². The number of rotatable bonds is 5. The van der Waals surface area contributed by atoms with Crippen LogP contribution in [-0.4, -0.2) is 16.3 Å². The molecule has 1 aliphatic rings. The van der Waals surface area contributed by atoms with E-state index in [1.807, 2.05) is 0 Å². The maximum atomic E-state index is 5.15. The molecule has 1 aromatic heterocycles. The summed E-state index contributed by atoms with van der Waals surface area (Å²) in [7, 11) is 0. The van der Waals surface area contributed by atoms with Gasteiger partial charge in [0.1, 0.15) is 5.82 Å². The van der Waals surface area contributed by atoms with Gasteiger partial charge in [0.2, 0.25) is 0 Å². The molecule has 3 heteroatoms. The van der Waals surface area contributed by atoms with Crippen LogP contribution >= 0.6 is 0 Å². The predicted octanol–water partition coefficient (Wildman–Crippen LogP) is 5.83. The third kappa shape index (κ3) is 3.41. The number of nitrogens with zero attached hydrogens (tertiary/aromatic N) is 2. The summed E-state index contributed by atoms with van der Waals surface area (Å²) in [5.41, 5.74) is 8.92. The second-order valence-corrected chi connectivity index (χ2v) is 8.23. The minimum atomic E-state index is 0.291. The number of nitrogens with one attached hydrogen (secondary N) is 1. The van der Waals surface area contributed by atoms with Gasteiger partial charge >= 0.3 is 0 Å². The smallest absolute Gasteiger partial charge is 0.133 e. The van der Waals surface area contributed by atoms with E-state index in [2.05, 4.69) is 103 Å². The topological polar surface area (TPSA) is 29.9 Å². The van der Waals surface area contributed by atoms with Crippen LogP contribution in [0.2, 0.25) is 0 Å². The van der Waals surface area contributed by atoms with E-state index in [4.69, 9.17) is 5.10 Å². The largest absolute Gasteiger partial charge is 0.369 e. The van der Waals surface area contributed by atoms with Gasteiger partial charge < -0.3 is 5.32 Å². The summed E-state index contributed by atoms with van der Waals surface area (Å²) in [6.45, 7) is 5.28. The first-order valence-electron chi connectivity index (χ1n) is 10.7. The SMILES string of the molecule is Cc1ccc(C)c(-n2nc(CC(c3ccccc3)c3ccccc3)c3c2NCC3)c1. The highest BCUT2D eigenvalue weighted by molar-refractivity contribution is 5.59. The molecule has 0 fully saturated rings. The van der Waals surface area contributed by atoms with Crippen LogP contribution in [0.3, 0.4) is 0 Å². The third-order valence-electron chi connectivity index (χ3n) is 6.13. The lowest BCUT2D eigenvalue weighted by Crippen LogP contribution is -2.09. The summed E-state index contributed by atoms with van der Waals surface area (Å²) in [6, 6.07) is 28.2. The van der Waals surface area contributed by atoms with Gasteiger partial charge in [0.05, 0.1) is 11.4 Å². The van der Waals surface area contributed by atoms with Crippen LogP contribution in [-0.2, 0) is 12.8 Å². The molecule has 0 bridgehead atoms. The first-order valence-corrected chi connectivity index (χ1v) is 10.7. The number of fused-ring (bicyclic) bond motifs is 1. The fourth-order valence-electron chi connectivity index (χ4n) is 4.52. The molecule has 1 N–H and O–H groups in total. The van der Waals surface area contributed by atoms with Gasteiger partial charge in [-0.15, -0.1) is 0 Å². The Hall–Kier alpha value is -3.33. The van der Waals surface area contributed by atoms with E-state index in [0.717, 1.165) is 19.4 Å². The molecule has 0 spiro atoms. The molecular weight excluding hydrogens is 366 g/mol. The van der Waals surface area contributed by atoms with E-state index < -0.39 is 0 Å². The number of anilines is 1. The van der Waals surface area contributed by atoms with Crippen molar-refractivity contribution in [2.75, 3.05) is 11.9 Å². The monoisotopic (exact) mass is 393 g/mol. The molecule has 3 aromatic carbocycles. The molecule has 5 rings (SSSR count). The fourth-order valence-corrected chi connectivity index (χ4v) is 4.52. The van der Waals surface area contributed by atoms with Crippen molar-refractivity contribution < 1.29 is 0 Å². The van der Waals surface area contributed by atoms with Crippen molar-refractivity contribution in [1.29, 1.82) is 0 Å². The molecule has 4 aromatic rings. The summed E-state index contributed by atoms with van der Waals surface area (Å²) in [4.78, 5) is 0. The number of aromatic nitrogens is 2. The Balaban J connectivity index is 1.59. The van der Waals surface area contributed by atoms with Crippen LogP contribution in [0.4, 0.5) is 5.82 Å². The minimum Gasteiger partial charge on any atom is -0.369 e. The summed E-state index contributed by atoms with van der Waals surface area (Å²) in [5, 5.41) is 8.74. The van der Waals surface area contributed by atoms with E-state index in [1.165, 1.54) is 45.0 Å². The maximum Gasteiger partial charge on any atom is 0.133 e. The lowest BCUT2D eigenvalue weighted by Gasteiger charge is -2.17. The quantitative estimate of drug-likeness (QED) is 0.462. The summed E-state index contributed by atoms with van der Waals surface area (Å²) >= 11 is 0. The molecule has 0 aliphatic carbocycles. The number of hydrogen-bond acceptors (Lipinski definition) is 2. The molecule has 150 valence electrons. The van der Waals surface area contributed by atoms with E-state index >= 15 is 0 Å². The van der Waals surface area contributed by atoms with Crippen molar-refractivity contribution in [3.63, 3.8) is 0 Å². The van der Waals surface area contributed by atoms with Crippen LogP contribution in [0, 0.1) is 13.8 Å². The Labute approximate surface area is 178 Å². The van der Waals surface area contributed by atoms with Crippen molar-refractivity contribution >= 4 is 5.82 Å². The summed E-state index contributed by atoms with van der Waals surface area (Å²) in [6.07, 6.45) is 1.93. The highest BCUT2D eigenvalue weighted by Crippen LogP contribution is 2.35. The average molecular weight is 394 g/mol. The van der Waals surface area contributed by atoms with Crippen LogP contribution in [0.5, 0.6) is 0 Å². The number of hydrogen-bond donors (Lipinski definition) is 1. The predicted molar refractivity (Wildman–Crippen MR) is 124 cm³/mol. The van der Waals surface area contributed by atoms with Crippen LogP contribution in [0.15, 0.2) is 78.9 Å². The van der Waals surface area contributed by atoms with E-state index in [1.54, 1.807) is 0 Å². The van der Waals surface area contributed by atoms with Crippen LogP contribution in [0.25, 0.3) is 5.69 Å². The van der Waals surface area contributed by atoms with E-state index in [9.17, 15) is 0 Å². The summed E-state index contributed by atoms with van der Waals surface area (Å²) in [5.74, 6) is 1.46. The standard InChI is InChI=1S/C27H27N3/c1-19-13-14-20(2)26(17-19)30-27-23(15-16-28-27)25(29-30)18-24(21-9-5-3-6-10-21)22-11-7-4-8-12-22/h3-14,17,24,28H,15-16,18H2,1-2H3. The normalized spacial score (nSPS) is 12.8. The van der Waals surface area contributed by atoms with Gasteiger partial charge in [-0.3, -0.25) is 0 Å². The Morgan fingerprint density at radius 1 is 0.900 bits per heavy atom. The zero-order valence-electron chi connectivity index (χ0n) is 17.6. The molecule has 0 radical (unpaired) electrons. The Bertz CT molecular complexity index is 1120. The van der Waals surface area contributed by atoms with Gasteiger partial charge in [0.15, 0.2) is 0 Å². The first-order chi connectivity index (χ1) is 14.7. The molecule has 0 saturated heterocycles. The second-order valence-electron chi connectivity index (χ2n) is 8.23. The van der Waals surface area contributed by atoms with Crippen molar-refractivity contribution in [3.8, 4) is 5.69 Å². The highest BCUT2D eigenvalue weighted by atomic mass is 15.3. The summed E-state index contributed by atoms with van der Waals surface area (Å²) < 4.78 is 2.13. The molecule has 0 amide bonds. The molecule has 1 aliphatic heterocycles. The average Bonchev–Trinajstić information content (AvgIpc) is 3.39. The van der Waals surface area contributed by atoms with Gasteiger partial charge in [-0.05, 0) is 48.6 Å². The van der Waals surface area contributed by atoms with Gasteiger partial charge in [0.25, 0.3) is 0 Å². The molecule has 0 unspecified atom stereocenters. The van der Waals surface area contributed by atoms with Crippen molar-refractivity contribution in [3.05, 3.63) is 112 Å². The maximum absolute atomic E-state index is 5.15. The lowest BCUT2D eigenvalue weighted by atomic mass is 9.86. The Kier molecular flexibility index (Phi) is 4.88. The molecule has 3 nitrogen and oxygen atoms in total. The minimum absolute atomic E-state index is 0.291. The van der Waals surface area contributed by atoms with E-state index in [-0.39, 0.29) is 0 Å². The van der Waals surface area contributed by atoms with Crippen LogP contribution < -0.4 is 5.32 Å². The molecule has 0 atom stereocenters. The Morgan fingerprint density at radius 2 is 1.57 bits per heavy atom. The van der Waals surface area contributed by atoms with Gasteiger partial charge in [-0.25, -0.2) is 4.68 Å². The van der Waals surface area contributed by atoms with Gasteiger partial charge in [-0.2, -0.15) is 5.10 Å². The zero-order valence-corrected chi connectivity index (χ0v) is 17.6. The highest BCUT2D eigenvalue weighted by Gasteiger charge is 2.26. The number of benzene rings is 3. The Morgan fingerprint density at radius 3 is 2.23 bits per heavy atom. The third-order valence-corrected chi connectivity index (χ3v) is 6.13. The van der Waals surface area contributed by atoms with Gasteiger partial charge in [-0.1, -0.05) is 72.8 Å². The zero-order chi connectivity index (χ0) is 20.5. The van der Waals surface area contributed by atoms with Gasteiger partial charge in [0, 0.05) is 24.4 Å². The fraction of sp³-hybridized carbons (Fsp3) is 0.222. The number of aryl methyl sites for hydroxylation is 2. The molecular formula is C27H27N3. The van der Waals surface area contributed by atoms with E-state index in [0.29, 0.717) is 5.92 Å².